The van der Waals surface area contributed by atoms with E-state index >= 15 is 0 Å². The third-order valence-corrected chi connectivity index (χ3v) is 5.87. The fourth-order valence-electron chi connectivity index (χ4n) is 4.02. The number of nitrogens with zero attached hydrogens (tertiary/aromatic N) is 1. The highest BCUT2D eigenvalue weighted by molar-refractivity contribution is 5.99. The van der Waals surface area contributed by atoms with Gasteiger partial charge in [0, 0.05) is 5.56 Å². The first kappa shape index (κ1) is 23.5. The molecule has 0 aliphatic carbocycles. The lowest BCUT2D eigenvalue weighted by Gasteiger charge is -2.23. The molecule has 1 amide bonds. The molecule has 0 aliphatic heterocycles. The molecule has 4 rings (SSSR count). The molecule has 5 heteroatoms. The van der Waals surface area contributed by atoms with Crippen LogP contribution in [0.3, 0.4) is 0 Å². The minimum Gasteiger partial charge on any atom is -0.481 e. The summed E-state index contributed by atoms with van der Waals surface area (Å²) >= 11 is 0. The maximum Gasteiger partial charge on any atom is 0.309 e. The number of carbonyl (C=O) groups is 2. The Morgan fingerprint density at radius 1 is 0.886 bits per heavy atom. The van der Waals surface area contributed by atoms with E-state index in [0.29, 0.717) is 11.1 Å². The van der Waals surface area contributed by atoms with E-state index in [9.17, 15) is 20.0 Å². The van der Waals surface area contributed by atoms with Crippen LogP contribution in [0.15, 0.2) is 103 Å². The van der Waals surface area contributed by atoms with E-state index in [1.807, 2.05) is 66.7 Å². The van der Waals surface area contributed by atoms with Crippen LogP contribution >= 0.6 is 0 Å². The van der Waals surface area contributed by atoms with Gasteiger partial charge >= 0.3 is 5.97 Å². The van der Waals surface area contributed by atoms with Crippen molar-refractivity contribution in [3.63, 3.8) is 0 Å². The van der Waals surface area contributed by atoms with Crippen molar-refractivity contribution in [2.45, 2.75) is 12.5 Å². The zero-order chi connectivity index (χ0) is 24.6. The zero-order valence-corrected chi connectivity index (χ0v) is 19.0. The van der Waals surface area contributed by atoms with Crippen LogP contribution in [0.25, 0.3) is 16.8 Å². The largest absolute Gasteiger partial charge is 0.481 e. The van der Waals surface area contributed by atoms with Gasteiger partial charge in [-0.2, -0.15) is 5.26 Å². The number of aliphatic carboxylic acids is 1. The SMILES string of the molecule is N#Cc1cccc(C[C@@H](C(=O)O)[C@@H](/C=C/c2ccccc2)NC(=O)c2ccc3ccccc3c2)c1. The predicted molar refractivity (Wildman–Crippen MR) is 137 cm³/mol. The molecule has 4 aromatic rings. The van der Waals surface area contributed by atoms with Crippen LogP contribution in [-0.2, 0) is 11.2 Å². The lowest BCUT2D eigenvalue weighted by atomic mass is 9.90. The van der Waals surface area contributed by atoms with E-state index in [4.69, 9.17) is 0 Å². The van der Waals surface area contributed by atoms with Gasteiger partial charge in [0.15, 0.2) is 0 Å². The molecule has 172 valence electrons. The smallest absolute Gasteiger partial charge is 0.309 e. The molecule has 0 fully saturated rings. The highest BCUT2D eigenvalue weighted by Crippen LogP contribution is 2.19. The summed E-state index contributed by atoms with van der Waals surface area (Å²) in [6.45, 7) is 0. The molecule has 4 aromatic carbocycles. The molecule has 2 N–H and O–H groups in total. The number of carboxylic acid groups (broad SMARTS) is 1. The van der Waals surface area contributed by atoms with Gasteiger partial charge in [0.2, 0.25) is 0 Å². The summed E-state index contributed by atoms with van der Waals surface area (Å²) in [5.41, 5.74) is 2.53. The maximum atomic E-state index is 13.2. The molecular weight excluding hydrogens is 436 g/mol. The predicted octanol–water partition coefficient (Wildman–Crippen LogP) is 5.47. The van der Waals surface area contributed by atoms with E-state index in [1.54, 1.807) is 42.5 Å². The van der Waals surface area contributed by atoms with Gasteiger partial charge in [-0.3, -0.25) is 9.59 Å². The van der Waals surface area contributed by atoms with E-state index in [0.717, 1.165) is 21.9 Å². The summed E-state index contributed by atoms with van der Waals surface area (Å²) < 4.78 is 0. The van der Waals surface area contributed by atoms with Crippen LogP contribution in [-0.4, -0.2) is 23.0 Å². The fourth-order valence-corrected chi connectivity index (χ4v) is 4.02. The quantitative estimate of drug-likeness (QED) is 0.365. The number of carboxylic acids is 1. The van der Waals surface area contributed by atoms with Crippen molar-refractivity contribution in [2.24, 2.45) is 5.92 Å². The van der Waals surface area contributed by atoms with Gasteiger partial charge in [-0.25, -0.2) is 0 Å². The van der Waals surface area contributed by atoms with E-state index < -0.39 is 17.9 Å². The minimum atomic E-state index is -1.03. The molecule has 35 heavy (non-hydrogen) atoms. The number of nitriles is 1. The molecule has 0 heterocycles. The Kier molecular flexibility index (Phi) is 7.34. The number of nitrogens with one attached hydrogen (secondary N) is 1. The molecule has 0 unspecified atom stereocenters. The number of fused-ring (bicyclic) bond motifs is 1. The van der Waals surface area contributed by atoms with Crippen molar-refractivity contribution < 1.29 is 14.7 Å². The van der Waals surface area contributed by atoms with E-state index in [-0.39, 0.29) is 12.3 Å². The average Bonchev–Trinajstić information content (AvgIpc) is 2.90. The topological polar surface area (TPSA) is 90.2 Å². The zero-order valence-electron chi connectivity index (χ0n) is 19.0. The Morgan fingerprint density at radius 2 is 1.63 bits per heavy atom. The molecule has 0 bridgehead atoms. The van der Waals surface area contributed by atoms with Gasteiger partial charge in [-0.05, 0) is 52.6 Å². The second-order valence-electron chi connectivity index (χ2n) is 8.29. The first-order valence-corrected chi connectivity index (χ1v) is 11.3. The van der Waals surface area contributed by atoms with Crippen molar-refractivity contribution in [1.29, 1.82) is 5.26 Å². The monoisotopic (exact) mass is 460 g/mol. The van der Waals surface area contributed by atoms with Crippen LogP contribution in [0.1, 0.15) is 27.0 Å². The highest BCUT2D eigenvalue weighted by Gasteiger charge is 2.28. The average molecular weight is 461 g/mol. The van der Waals surface area contributed by atoms with Crippen LogP contribution in [0, 0.1) is 17.2 Å². The van der Waals surface area contributed by atoms with Gasteiger partial charge in [0.25, 0.3) is 5.91 Å². The van der Waals surface area contributed by atoms with Crippen LogP contribution < -0.4 is 5.32 Å². The van der Waals surface area contributed by atoms with Crippen molar-refractivity contribution >= 4 is 28.7 Å². The normalized spacial score (nSPS) is 12.7. The summed E-state index contributed by atoms with van der Waals surface area (Å²) in [4.78, 5) is 25.6. The number of hydrogen-bond donors (Lipinski definition) is 2. The lowest BCUT2D eigenvalue weighted by molar-refractivity contribution is -0.142. The van der Waals surface area contributed by atoms with Crippen LogP contribution in [0.2, 0.25) is 0 Å². The maximum absolute atomic E-state index is 13.2. The Balaban J connectivity index is 1.65. The molecule has 0 aliphatic rings. The number of amides is 1. The fraction of sp³-hybridized carbons (Fsp3) is 0.100. The molecule has 0 aromatic heterocycles. The Hall–Kier alpha value is -4.69. The molecule has 5 nitrogen and oxygen atoms in total. The van der Waals surface area contributed by atoms with E-state index in [1.165, 1.54) is 0 Å². The van der Waals surface area contributed by atoms with Gasteiger partial charge in [0.1, 0.15) is 0 Å². The number of benzene rings is 4. The highest BCUT2D eigenvalue weighted by atomic mass is 16.4. The second-order valence-corrected chi connectivity index (χ2v) is 8.29. The summed E-state index contributed by atoms with van der Waals surface area (Å²) in [6, 6.07) is 30.8. The summed E-state index contributed by atoms with van der Waals surface area (Å²) in [7, 11) is 0. The minimum absolute atomic E-state index is 0.159. The Morgan fingerprint density at radius 3 is 2.37 bits per heavy atom. The number of rotatable bonds is 8. The summed E-state index contributed by atoms with van der Waals surface area (Å²) in [5, 5.41) is 24.2. The van der Waals surface area contributed by atoms with E-state index in [2.05, 4.69) is 11.4 Å². The third-order valence-electron chi connectivity index (χ3n) is 5.87. The van der Waals surface area contributed by atoms with Gasteiger partial charge in [-0.1, -0.05) is 84.9 Å². The van der Waals surface area contributed by atoms with Crippen molar-refractivity contribution in [3.8, 4) is 6.07 Å². The van der Waals surface area contributed by atoms with Crippen molar-refractivity contribution in [2.75, 3.05) is 0 Å². The summed E-state index contributed by atoms with van der Waals surface area (Å²) in [6.07, 6.45) is 3.70. The van der Waals surface area contributed by atoms with Crippen LogP contribution in [0.5, 0.6) is 0 Å². The number of carbonyl (C=O) groups excluding carboxylic acids is 1. The molecule has 0 radical (unpaired) electrons. The molecule has 0 spiro atoms. The lowest BCUT2D eigenvalue weighted by Crippen LogP contribution is -2.43. The number of hydrogen-bond acceptors (Lipinski definition) is 3. The van der Waals surface area contributed by atoms with Gasteiger partial charge < -0.3 is 10.4 Å². The van der Waals surface area contributed by atoms with Crippen molar-refractivity contribution in [1.82, 2.24) is 5.32 Å². The second kappa shape index (κ2) is 11.0. The Bertz CT molecular complexity index is 1420. The standard InChI is InChI=1S/C30H24N2O3/c31-20-23-10-6-9-22(17-23)18-27(30(34)35)28(16-13-21-7-2-1-3-8-21)32-29(33)26-15-14-24-11-4-5-12-25(24)19-26/h1-17,19,27-28H,18H2,(H,32,33)(H,34,35)/b16-13+/t27-,28-/m1/s1. The first-order valence-electron chi connectivity index (χ1n) is 11.3. The van der Waals surface area contributed by atoms with Crippen LogP contribution in [0.4, 0.5) is 0 Å². The molecular formula is C30H24N2O3. The molecule has 0 saturated carbocycles. The Labute approximate surface area is 204 Å². The first-order chi connectivity index (χ1) is 17.0. The van der Waals surface area contributed by atoms with Gasteiger partial charge in [0.05, 0.1) is 23.6 Å². The van der Waals surface area contributed by atoms with Gasteiger partial charge in [-0.15, -0.1) is 0 Å². The summed E-state index contributed by atoms with van der Waals surface area (Å²) in [5.74, 6) is -2.32. The molecule has 0 saturated heterocycles. The third kappa shape index (κ3) is 6.01. The molecule has 2 atom stereocenters. The van der Waals surface area contributed by atoms with Crippen molar-refractivity contribution in [3.05, 3.63) is 125 Å².